The van der Waals surface area contributed by atoms with E-state index in [2.05, 4.69) is 25.2 Å². The first-order chi connectivity index (χ1) is 15.7. The number of anilines is 2. The summed E-state index contributed by atoms with van der Waals surface area (Å²) in [5.74, 6) is 0.427. The van der Waals surface area contributed by atoms with Crippen molar-refractivity contribution in [2.24, 2.45) is 0 Å². The van der Waals surface area contributed by atoms with Crippen molar-refractivity contribution < 1.29 is 12.8 Å². The van der Waals surface area contributed by atoms with Gasteiger partial charge in [0.1, 0.15) is 11.5 Å². The summed E-state index contributed by atoms with van der Waals surface area (Å²) in [6.45, 7) is 8.20. The Balaban J connectivity index is 1.55. The largest absolute Gasteiger partial charge is 0.324 e. The molecule has 2 aromatic heterocycles. The van der Waals surface area contributed by atoms with E-state index in [0.717, 1.165) is 12.0 Å². The zero-order valence-corrected chi connectivity index (χ0v) is 20.0. The molecule has 0 unspecified atom stereocenters. The van der Waals surface area contributed by atoms with Gasteiger partial charge in [-0.1, -0.05) is 0 Å². The topological polar surface area (TPSA) is 96.2 Å². The van der Waals surface area contributed by atoms with Crippen molar-refractivity contribution in [1.82, 2.24) is 28.7 Å². The van der Waals surface area contributed by atoms with E-state index in [4.69, 9.17) is 0 Å². The normalized spacial score (nSPS) is 15.8. The molecule has 0 aliphatic carbocycles. The van der Waals surface area contributed by atoms with Crippen LogP contribution in [0.15, 0.2) is 41.6 Å². The maximum Gasteiger partial charge on any atom is 0.243 e. The zero-order chi connectivity index (χ0) is 23.8. The quantitative estimate of drug-likeness (QED) is 0.588. The maximum absolute atomic E-state index is 14.6. The maximum atomic E-state index is 14.6. The van der Waals surface area contributed by atoms with Crippen LogP contribution in [0, 0.1) is 12.7 Å². The lowest BCUT2D eigenvalue weighted by atomic mass is 10.2. The van der Waals surface area contributed by atoms with Gasteiger partial charge in [-0.2, -0.15) is 4.31 Å². The fourth-order valence-electron chi connectivity index (χ4n) is 3.90. The van der Waals surface area contributed by atoms with E-state index in [9.17, 15) is 12.8 Å². The molecule has 176 valence electrons. The minimum absolute atomic E-state index is 0.0862. The van der Waals surface area contributed by atoms with E-state index in [1.807, 2.05) is 32.4 Å². The van der Waals surface area contributed by atoms with Gasteiger partial charge in [-0.25, -0.2) is 27.8 Å². The third kappa shape index (κ3) is 4.75. The minimum Gasteiger partial charge on any atom is -0.324 e. The highest BCUT2D eigenvalue weighted by molar-refractivity contribution is 7.89. The highest BCUT2D eigenvalue weighted by atomic mass is 32.2. The lowest BCUT2D eigenvalue weighted by Gasteiger charge is -2.31. The number of aromatic nitrogens is 4. The Kier molecular flexibility index (Phi) is 6.46. The number of sulfonamides is 1. The molecule has 11 heteroatoms. The van der Waals surface area contributed by atoms with Crippen molar-refractivity contribution >= 4 is 21.7 Å². The van der Waals surface area contributed by atoms with Gasteiger partial charge in [0.25, 0.3) is 0 Å². The third-order valence-corrected chi connectivity index (χ3v) is 7.61. The van der Waals surface area contributed by atoms with E-state index in [-0.39, 0.29) is 22.6 Å². The van der Waals surface area contributed by atoms with E-state index < -0.39 is 15.8 Å². The smallest absolute Gasteiger partial charge is 0.243 e. The number of imidazole rings is 1. The molecule has 1 aliphatic heterocycles. The number of hydrogen-bond acceptors (Lipinski definition) is 7. The number of halogens is 1. The molecular formula is C22H28FN7O2S. The Morgan fingerprint density at radius 1 is 1.03 bits per heavy atom. The lowest BCUT2D eigenvalue weighted by molar-refractivity contribution is 0.222. The summed E-state index contributed by atoms with van der Waals surface area (Å²) in [6.07, 6.45) is 2.71. The Hall–Kier alpha value is -2.89. The molecule has 1 aliphatic rings. The van der Waals surface area contributed by atoms with Crippen molar-refractivity contribution in [3.05, 3.63) is 48.3 Å². The lowest BCUT2D eigenvalue weighted by Crippen LogP contribution is -2.46. The van der Waals surface area contributed by atoms with E-state index in [1.165, 1.54) is 4.31 Å². The molecule has 1 aromatic carbocycles. The van der Waals surface area contributed by atoms with Gasteiger partial charge in [-0.3, -0.25) is 0 Å². The first-order valence-electron chi connectivity index (χ1n) is 10.8. The number of benzene rings is 1. The van der Waals surface area contributed by atoms with Gasteiger partial charge in [0.2, 0.25) is 16.0 Å². The summed E-state index contributed by atoms with van der Waals surface area (Å²) < 4.78 is 43.8. The van der Waals surface area contributed by atoms with Crippen molar-refractivity contribution in [3.63, 3.8) is 0 Å². The molecule has 3 heterocycles. The number of likely N-dealkylation sites (N-methyl/N-ethyl adjacent to an activating group) is 1. The van der Waals surface area contributed by atoms with Crippen LogP contribution in [0.25, 0.3) is 11.4 Å². The Morgan fingerprint density at radius 2 is 1.70 bits per heavy atom. The summed E-state index contributed by atoms with van der Waals surface area (Å²) in [4.78, 5) is 15.0. The van der Waals surface area contributed by atoms with Gasteiger partial charge in [0.05, 0.1) is 23.0 Å². The number of hydrogen-bond donors (Lipinski definition) is 1. The molecule has 1 N–H and O–H groups in total. The van der Waals surface area contributed by atoms with Crippen LogP contribution in [0.1, 0.15) is 25.7 Å². The van der Waals surface area contributed by atoms with Gasteiger partial charge >= 0.3 is 0 Å². The van der Waals surface area contributed by atoms with Crippen LogP contribution in [-0.4, -0.2) is 70.4 Å². The molecule has 33 heavy (non-hydrogen) atoms. The fourth-order valence-corrected chi connectivity index (χ4v) is 5.33. The fraction of sp³-hybridized carbons (Fsp3) is 0.409. The molecule has 3 aromatic rings. The molecule has 0 radical (unpaired) electrons. The Labute approximate surface area is 193 Å². The monoisotopic (exact) mass is 473 g/mol. The van der Waals surface area contributed by atoms with Gasteiger partial charge < -0.3 is 14.8 Å². The van der Waals surface area contributed by atoms with Crippen molar-refractivity contribution in [3.8, 4) is 11.4 Å². The van der Waals surface area contributed by atoms with Crippen LogP contribution >= 0.6 is 0 Å². The van der Waals surface area contributed by atoms with Crippen LogP contribution in [0.3, 0.4) is 0 Å². The van der Waals surface area contributed by atoms with E-state index in [1.54, 1.807) is 30.5 Å². The van der Waals surface area contributed by atoms with Crippen molar-refractivity contribution in [1.29, 1.82) is 0 Å². The predicted octanol–water partition coefficient (Wildman–Crippen LogP) is 3.05. The van der Waals surface area contributed by atoms with E-state index >= 15 is 0 Å². The molecule has 0 amide bonds. The van der Waals surface area contributed by atoms with Gasteiger partial charge in [0.15, 0.2) is 5.82 Å². The molecule has 0 bridgehead atoms. The number of aryl methyl sites for hydroxylation is 1. The molecule has 9 nitrogen and oxygen atoms in total. The molecular weight excluding hydrogens is 445 g/mol. The Morgan fingerprint density at radius 3 is 2.33 bits per heavy atom. The average molecular weight is 474 g/mol. The zero-order valence-electron chi connectivity index (χ0n) is 19.2. The third-order valence-electron chi connectivity index (χ3n) is 5.70. The number of nitrogens with one attached hydrogen (secondary N) is 1. The predicted molar refractivity (Wildman–Crippen MR) is 124 cm³/mol. The first kappa shape index (κ1) is 23.3. The van der Waals surface area contributed by atoms with Crippen molar-refractivity contribution in [2.75, 3.05) is 38.5 Å². The summed E-state index contributed by atoms with van der Waals surface area (Å²) in [5, 5.41) is 3.03. The number of rotatable bonds is 6. The molecule has 1 fully saturated rings. The Bertz CT molecular complexity index is 1230. The molecule has 1 saturated heterocycles. The molecule has 4 rings (SSSR count). The van der Waals surface area contributed by atoms with Crippen LogP contribution in [0.5, 0.6) is 0 Å². The molecule has 0 saturated carbocycles. The number of piperazine rings is 1. The standard InChI is InChI=1S/C22H28FN7O2S/c1-15(2)30-16(3)24-14-20(30)21-19(23)13-25-22(27-21)26-17-5-7-18(8-6-17)33(31,32)29-11-9-28(4)10-12-29/h5-8,13-15H,9-12H2,1-4H3,(H,25,26,27). The summed E-state index contributed by atoms with van der Waals surface area (Å²) >= 11 is 0. The van der Waals surface area contributed by atoms with Gasteiger partial charge in [-0.15, -0.1) is 0 Å². The highest BCUT2D eigenvalue weighted by Crippen LogP contribution is 2.27. The van der Waals surface area contributed by atoms with Crippen LogP contribution in [-0.2, 0) is 10.0 Å². The summed E-state index contributed by atoms with van der Waals surface area (Å²) in [7, 11) is -1.57. The molecule has 0 atom stereocenters. The van der Waals surface area contributed by atoms with Crippen LogP contribution in [0.4, 0.5) is 16.0 Å². The summed E-state index contributed by atoms with van der Waals surface area (Å²) in [6, 6.07) is 6.49. The second kappa shape index (κ2) is 9.16. The second-order valence-electron chi connectivity index (χ2n) is 8.40. The molecule has 0 spiro atoms. The van der Waals surface area contributed by atoms with Gasteiger partial charge in [0, 0.05) is 37.9 Å². The average Bonchev–Trinajstić information content (AvgIpc) is 3.17. The van der Waals surface area contributed by atoms with E-state index in [0.29, 0.717) is 37.6 Å². The SMILES string of the molecule is Cc1ncc(-c2nc(Nc3ccc(S(=O)(=O)N4CCN(C)CC4)cc3)ncc2F)n1C(C)C. The number of nitrogens with zero attached hydrogens (tertiary/aromatic N) is 6. The van der Waals surface area contributed by atoms with Crippen molar-refractivity contribution in [2.45, 2.75) is 31.7 Å². The second-order valence-corrected chi connectivity index (χ2v) is 10.3. The first-order valence-corrected chi connectivity index (χ1v) is 12.2. The summed E-state index contributed by atoms with van der Waals surface area (Å²) in [5.41, 5.74) is 1.31. The highest BCUT2D eigenvalue weighted by Gasteiger charge is 2.27. The van der Waals surface area contributed by atoms with Crippen LogP contribution < -0.4 is 5.32 Å². The minimum atomic E-state index is -3.55. The van der Waals surface area contributed by atoms with Gasteiger partial charge in [-0.05, 0) is 52.1 Å². The van der Waals surface area contributed by atoms with Crippen LogP contribution in [0.2, 0.25) is 0 Å².